The van der Waals surface area contributed by atoms with Gasteiger partial charge in [0.2, 0.25) is 0 Å². The van der Waals surface area contributed by atoms with Crippen molar-refractivity contribution in [1.29, 1.82) is 0 Å². The van der Waals surface area contributed by atoms with Crippen molar-refractivity contribution in [3.8, 4) is 0 Å². The molecule has 0 heterocycles. The fourth-order valence-electron chi connectivity index (χ4n) is 0.670. The number of hydrogen-bond donors (Lipinski definition) is 0. The molecule has 0 amide bonds. The molecular weight excluding hydrogens is 96.1 g/mol. The van der Waals surface area contributed by atoms with E-state index in [0.717, 1.165) is 6.42 Å². The van der Waals surface area contributed by atoms with Gasteiger partial charge in [-0.15, -0.1) is 6.58 Å². The SMILES string of the molecule is C=CC[C@H](C)/C=C/C. The van der Waals surface area contributed by atoms with Gasteiger partial charge in [0.05, 0.1) is 0 Å². The molecule has 0 N–H and O–H groups in total. The lowest BCUT2D eigenvalue weighted by molar-refractivity contribution is 0.744. The van der Waals surface area contributed by atoms with Crippen molar-refractivity contribution in [2.45, 2.75) is 20.3 Å². The first kappa shape index (κ1) is 7.48. The van der Waals surface area contributed by atoms with E-state index in [4.69, 9.17) is 0 Å². The van der Waals surface area contributed by atoms with Gasteiger partial charge in [-0.05, 0) is 19.3 Å². The van der Waals surface area contributed by atoms with Crippen LogP contribution in [0.1, 0.15) is 20.3 Å². The van der Waals surface area contributed by atoms with Crippen LogP contribution >= 0.6 is 0 Å². The van der Waals surface area contributed by atoms with Gasteiger partial charge in [-0.1, -0.05) is 25.2 Å². The summed E-state index contributed by atoms with van der Waals surface area (Å²) in [5.41, 5.74) is 0. The first-order valence-corrected chi connectivity index (χ1v) is 3.05. The summed E-state index contributed by atoms with van der Waals surface area (Å²) in [6.45, 7) is 7.87. The lowest BCUT2D eigenvalue weighted by Crippen LogP contribution is -1.83. The van der Waals surface area contributed by atoms with Crippen LogP contribution in [0, 0.1) is 5.92 Å². The van der Waals surface area contributed by atoms with Gasteiger partial charge in [-0.3, -0.25) is 0 Å². The largest absolute Gasteiger partial charge is 0.103 e. The Kier molecular flexibility index (Phi) is 4.33. The van der Waals surface area contributed by atoms with E-state index < -0.39 is 0 Å². The first-order chi connectivity index (χ1) is 3.81. The minimum absolute atomic E-state index is 0.664. The van der Waals surface area contributed by atoms with Crippen LogP contribution in [0.3, 0.4) is 0 Å². The van der Waals surface area contributed by atoms with Crippen molar-refractivity contribution in [2.24, 2.45) is 5.92 Å². The summed E-state index contributed by atoms with van der Waals surface area (Å²) in [5, 5.41) is 0. The van der Waals surface area contributed by atoms with E-state index in [0.29, 0.717) is 5.92 Å². The Morgan fingerprint density at radius 1 is 1.62 bits per heavy atom. The van der Waals surface area contributed by atoms with Crippen molar-refractivity contribution < 1.29 is 0 Å². The Morgan fingerprint density at radius 3 is 2.62 bits per heavy atom. The van der Waals surface area contributed by atoms with Crippen LogP contribution in [-0.4, -0.2) is 0 Å². The fourth-order valence-corrected chi connectivity index (χ4v) is 0.670. The van der Waals surface area contributed by atoms with E-state index in [9.17, 15) is 0 Å². The maximum atomic E-state index is 3.65. The highest BCUT2D eigenvalue weighted by Crippen LogP contribution is 2.02. The van der Waals surface area contributed by atoms with Gasteiger partial charge in [-0.25, -0.2) is 0 Å². The minimum Gasteiger partial charge on any atom is -0.103 e. The lowest BCUT2D eigenvalue weighted by atomic mass is 10.1. The molecule has 0 aromatic carbocycles. The summed E-state index contributed by atoms with van der Waals surface area (Å²) in [6, 6.07) is 0. The summed E-state index contributed by atoms with van der Waals surface area (Å²) in [7, 11) is 0. The van der Waals surface area contributed by atoms with Crippen LogP contribution in [-0.2, 0) is 0 Å². The minimum atomic E-state index is 0.664. The average molecular weight is 110 g/mol. The second-order valence-electron chi connectivity index (χ2n) is 2.03. The fraction of sp³-hybridized carbons (Fsp3) is 0.500. The van der Waals surface area contributed by atoms with E-state index in [1.54, 1.807) is 0 Å². The molecule has 46 valence electrons. The summed E-state index contributed by atoms with van der Waals surface area (Å²) in [4.78, 5) is 0. The predicted molar refractivity (Wildman–Crippen MR) is 38.8 cm³/mol. The van der Waals surface area contributed by atoms with Crippen LogP contribution in [0.2, 0.25) is 0 Å². The molecule has 0 nitrogen and oxygen atoms in total. The van der Waals surface area contributed by atoms with Gasteiger partial charge in [0.15, 0.2) is 0 Å². The third-order valence-corrected chi connectivity index (χ3v) is 1.06. The van der Waals surface area contributed by atoms with Crippen molar-refractivity contribution >= 4 is 0 Å². The van der Waals surface area contributed by atoms with Gasteiger partial charge in [0, 0.05) is 0 Å². The van der Waals surface area contributed by atoms with E-state index in [2.05, 4.69) is 25.7 Å². The standard InChI is InChI=1S/C8H14/c1-4-6-8(3)7-5-2/h4-5,7-8H,1,6H2,2-3H3/b7-5+/t8-/m0/s1. The zero-order chi connectivity index (χ0) is 6.41. The van der Waals surface area contributed by atoms with E-state index >= 15 is 0 Å². The maximum absolute atomic E-state index is 3.65. The third kappa shape index (κ3) is 3.66. The first-order valence-electron chi connectivity index (χ1n) is 3.05. The molecule has 0 aliphatic rings. The Morgan fingerprint density at radius 2 is 2.25 bits per heavy atom. The molecule has 8 heavy (non-hydrogen) atoms. The second-order valence-corrected chi connectivity index (χ2v) is 2.03. The maximum Gasteiger partial charge on any atom is -0.0228 e. The molecule has 0 fully saturated rings. The van der Waals surface area contributed by atoms with Crippen molar-refractivity contribution in [3.63, 3.8) is 0 Å². The van der Waals surface area contributed by atoms with Gasteiger partial charge >= 0.3 is 0 Å². The Labute approximate surface area is 51.9 Å². The molecule has 0 aromatic rings. The van der Waals surface area contributed by atoms with Crippen LogP contribution in [0.15, 0.2) is 24.8 Å². The normalized spacial score (nSPS) is 14.2. The molecule has 0 aliphatic heterocycles. The highest BCUT2D eigenvalue weighted by molar-refractivity contribution is 4.86. The Bertz CT molecular complexity index is 80.0. The van der Waals surface area contributed by atoms with E-state index in [-0.39, 0.29) is 0 Å². The molecule has 0 saturated carbocycles. The molecule has 0 radical (unpaired) electrons. The van der Waals surface area contributed by atoms with Crippen molar-refractivity contribution in [2.75, 3.05) is 0 Å². The molecular formula is C8H14. The average Bonchev–Trinajstić information content (AvgIpc) is 1.68. The zero-order valence-electron chi connectivity index (χ0n) is 5.72. The summed E-state index contributed by atoms with van der Waals surface area (Å²) in [5.74, 6) is 0.664. The molecule has 0 unspecified atom stereocenters. The van der Waals surface area contributed by atoms with Gasteiger partial charge in [-0.2, -0.15) is 0 Å². The van der Waals surface area contributed by atoms with Crippen molar-refractivity contribution in [3.05, 3.63) is 24.8 Å². The molecule has 1 atom stereocenters. The Hall–Kier alpha value is -0.520. The van der Waals surface area contributed by atoms with Gasteiger partial charge < -0.3 is 0 Å². The topological polar surface area (TPSA) is 0 Å². The quantitative estimate of drug-likeness (QED) is 0.490. The van der Waals surface area contributed by atoms with E-state index in [1.807, 2.05) is 13.0 Å². The summed E-state index contributed by atoms with van der Waals surface area (Å²) in [6.07, 6.45) is 7.30. The van der Waals surface area contributed by atoms with Gasteiger partial charge in [0.25, 0.3) is 0 Å². The Balaban J connectivity index is 3.31. The second kappa shape index (κ2) is 4.63. The summed E-state index contributed by atoms with van der Waals surface area (Å²) < 4.78 is 0. The van der Waals surface area contributed by atoms with E-state index in [1.165, 1.54) is 0 Å². The molecule has 0 aliphatic carbocycles. The number of hydrogen-bond acceptors (Lipinski definition) is 0. The molecule has 0 rings (SSSR count). The summed E-state index contributed by atoms with van der Waals surface area (Å²) >= 11 is 0. The van der Waals surface area contributed by atoms with Gasteiger partial charge in [0.1, 0.15) is 0 Å². The highest BCUT2D eigenvalue weighted by atomic mass is 13.9. The molecule has 0 spiro atoms. The third-order valence-electron chi connectivity index (χ3n) is 1.06. The highest BCUT2D eigenvalue weighted by Gasteiger charge is 1.88. The molecule has 0 aromatic heterocycles. The van der Waals surface area contributed by atoms with Crippen LogP contribution in [0.25, 0.3) is 0 Å². The monoisotopic (exact) mass is 110 g/mol. The molecule has 0 heteroatoms. The van der Waals surface area contributed by atoms with Crippen molar-refractivity contribution in [1.82, 2.24) is 0 Å². The van der Waals surface area contributed by atoms with Crippen LogP contribution < -0.4 is 0 Å². The number of allylic oxidation sites excluding steroid dienone is 3. The predicted octanol–water partition coefficient (Wildman–Crippen LogP) is 2.77. The number of rotatable bonds is 3. The smallest absolute Gasteiger partial charge is 0.0228 e. The molecule has 0 bridgehead atoms. The van der Waals surface area contributed by atoms with Crippen LogP contribution in [0.4, 0.5) is 0 Å². The van der Waals surface area contributed by atoms with Crippen LogP contribution in [0.5, 0.6) is 0 Å². The zero-order valence-corrected chi connectivity index (χ0v) is 5.72. The molecule has 0 saturated heterocycles. The lowest BCUT2D eigenvalue weighted by Gasteiger charge is -1.97.